The van der Waals surface area contributed by atoms with Gasteiger partial charge < -0.3 is 15.2 Å². The zero-order chi connectivity index (χ0) is 15.2. The van der Waals surface area contributed by atoms with Crippen LogP contribution >= 0.6 is 0 Å². The van der Waals surface area contributed by atoms with Crippen LogP contribution in [0.1, 0.15) is 21.5 Å². The highest BCUT2D eigenvalue weighted by Crippen LogP contribution is 2.18. The van der Waals surface area contributed by atoms with Gasteiger partial charge in [-0.25, -0.2) is 4.79 Å². The molecule has 21 heavy (non-hydrogen) atoms. The van der Waals surface area contributed by atoms with Crippen LogP contribution in [0.3, 0.4) is 0 Å². The Morgan fingerprint density at radius 1 is 1.05 bits per heavy atom. The highest BCUT2D eigenvalue weighted by atomic mass is 16.6. The highest BCUT2D eigenvalue weighted by molar-refractivity contribution is 5.92. The van der Waals surface area contributed by atoms with Crippen molar-refractivity contribution in [1.29, 1.82) is 0 Å². The number of ether oxygens (including phenoxy) is 2. The minimum atomic E-state index is -0.379. The molecule has 0 fully saturated rings. The van der Waals surface area contributed by atoms with Crippen LogP contribution in [0.2, 0.25) is 0 Å². The van der Waals surface area contributed by atoms with Crippen molar-refractivity contribution in [1.82, 2.24) is 0 Å². The van der Waals surface area contributed by atoms with Gasteiger partial charge in [-0.15, -0.1) is 0 Å². The van der Waals surface area contributed by atoms with Gasteiger partial charge in [-0.05, 0) is 43.2 Å². The van der Waals surface area contributed by atoms with E-state index in [9.17, 15) is 4.79 Å². The van der Waals surface area contributed by atoms with E-state index in [1.165, 1.54) is 0 Å². The summed E-state index contributed by atoms with van der Waals surface area (Å²) in [5.74, 6) is 0.375. The molecule has 0 saturated carbocycles. The van der Waals surface area contributed by atoms with Crippen molar-refractivity contribution in [2.24, 2.45) is 0 Å². The average Bonchev–Trinajstić information content (AvgIpc) is 2.48. The van der Waals surface area contributed by atoms with E-state index < -0.39 is 0 Å². The minimum Gasteiger partial charge on any atom is -0.490 e. The Hall–Kier alpha value is -2.49. The molecule has 0 aliphatic carbocycles. The number of rotatable bonds is 5. The fourth-order valence-electron chi connectivity index (χ4n) is 1.98. The third-order valence-corrected chi connectivity index (χ3v) is 3.16. The molecule has 0 aliphatic heterocycles. The van der Waals surface area contributed by atoms with E-state index in [0.717, 1.165) is 16.9 Å². The second-order valence-corrected chi connectivity index (χ2v) is 4.82. The summed E-state index contributed by atoms with van der Waals surface area (Å²) in [7, 11) is 0. The standard InChI is InChI=1S/C17H19NO3/c1-12-10-13(2)16(18)11-15(12)17(19)21-9-8-20-14-6-4-3-5-7-14/h3-7,10-11H,8-9,18H2,1-2H3. The van der Waals surface area contributed by atoms with Gasteiger partial charge in [-0.3, -0.25) is 0 Å². The zero-order valence-corrected chi connectivity index (χ0v) is 12.3. The van der Waals surface area contributed by atoms with Gasteiger partial charge in [0.2, 0.25) is 0 Å². The normalized spacial score (nSPS) is 10.2. The van der Waals surface area contributed by atoms with Crippen molar-refractivity contribution in [2.75, 3.05) is 18.9 Å². The Bertz CT molecular complexity index is 623. The average molecular weight is 285 g/mol. The number of aryl methyl sites for hydroxylation is 2. The lowest BCUT2D eigenvalue weighted by molar-refractivity contribution is 0.0449. The summed E-state index contributed by atoms with van der Waals surface area (Å²) >= 11 is 0. The fourth-order valence-corrected chi connectivity index (χ4v) is 1.98. The Morgan fingerprint density at radius 2 is 1.76 bits per heavy atom. The van der Waals surface area contributed by atoms with E-state index in [1.807, 2.05) is 50.2 Å². The van der Waals surface area contributed by atoms with Crippen molar-refractivity contribution >= 4 is 11.7 Å². The first kappa shape index (κ1) is 14.9. The predicted octanol–water partition coefficient (Wildman–Crippen LogP) is 3.12. The smallest absolute Gasteiger partial charge is 0.338 e. The summed E-state index contributed by atoms with van der Waals surface area (Å²) in [5, 5.41) is 0. The number of para-hydroxylation sites is 1. The molecular weight excluding hydrogens is 266 g/mol. The van der Waals surface area contributed by atoms with Gasteiger partial charge in [0.25, 0.3) is 0 Å². The molecule has 0 spiro atoms. The Balaban J connectivity index is 1.86. The Kier molecular flexibility index (Phi) is 4.82. The molecule has 0 heterocycles. The number of hydrogen-bond acceptors (Lipinski definition) is 4. The molecule has 0 unspecified atom stereocenters. The molecule has 4 heteroatoms. The van der Waals surface area contributed by atoms with E-state index >= 15 is 0 Å². The largest absolute Gasteiger partial charge is 0.490 e. The van der Waals surface area contributed by atoms with Crippen LogP contribution in [0.5, 0.6) is 5.75 Å². The molecule has 4 nitrogen and oxygen atoms in total. The van der Waals surface area contributed by atoms with Crippen LogP contribution in [-0.2, 0) is 4.74 Å². The summed E-state index contributed by atoms with van der Waals surface area (Å²) in [6.07, 6.45) is 0. The maximum absolute atomic E-state index is 12.0. The van der Waals surface area contributed by atoms with E-state index in [4.69, 9.17) is 15.2 Å². The number of hydrogen-bond donors (Lipinski definition) is 1. The number of benzene rings is 2. The van der Waals surface area contributed by atoms with E-state index in [0.29, 0.717) is 17.9 Å². The molecule has 110 valence electrons. The highest BCUT2D eigenvalue weighted by Gasteiger charge is 2.12. The van der Waals surface area contributed by atoms with Crippen LogP contribution in [0.4, 0.5) is 5.69 Å². The molecule has 0 amide bonds. The monoisotopic (exact) mass is 285 g/mol. The Labute approximate surface area is 124 Å². The molecule has 2 N–H and O–H groups in total. The number of carbonyl (C=O) groups is 1. The fraction of sp³-hybridized carbons (Fsp3) is 0.235. The quantitative estimate of drug-likeness (QED) is 0.521. The molecule has 0 aliphatic rings. The summed E-state index contributed by atoms with van der Waals surface area (Å²) in [6.45, 7) is 4.28. The van der Waals surface area contributed by atoms with Gasteiger partial charge in [0.15, 0.2) is 0 Å². The molecule has 0 radical (unpaired) electrons. The second-order valence-electron chi connectivity index (χ2n) is 4.82. The van der Waals surface area contributed by atoms with Crippen LogP contribution in [0, 0.1) is 13.8 Å². The van der Waals surface area contributed by atoms with Crippen LogP contribution < -0.4 is 10.5 Å². The van der Waals surface area contributed by atoms with Gasteiger partial charge in [-0.2, -0.15) is 0 Å². The first-order valence-electron chi connectivity index (χ1n) is 6.79. The van der Waals surface area contributed by atoms with Gasteiger partial charge in [0.1, 0.15) is 19.0 Å². The molecule has 2 aromatic carbocycles. The third-order valence-electron chi connectivity index (χ3n) is 3.16. The van der Waals surface area contributed by atoms with Crippen molar-refractivity contribution in [2.45, 2.75) is 13.8 Å². The molecule has 0 bridgehead atoms. The van der Waals surface area contributed by atoms with Crippen molar-refractivity contribution < 1.29 is 14.3 Å². The molecule has 2 aromatic rings. The lowest BCUT2D eigenvalue weighted by Gasteiger charge is -2.10. The third kappa shape index (κ3) is 3.99. The first-order valence-corrected chi connectivity index (χ1v) is 6.79. The Morgan fingerprint density at radius 3 is 2.48 bits per heavy atom. The van der Waals surface area contributed by atoms with Gasteiger partial charge in [-0.1, -0.05) is 24.3 Å². The van der Waals surface area contributed by atoms with E-state index in [2.05, 4.69) is 0 Å². The molecule has 0 saturated heterocycles. The number of anilines is 1. The predicted molar refractivity (Wildman–Crippen MR) is 82.5 cm³/mol. The van der Waals surface area contributed by atoms with Crippen LogP contribution in [-0.4, -0.2) is 19.2 Å². The van der Waals surface area contributed by atoms with Crippen molar-refractivity contribution in [3.05, 3.63) is 59.2 Å². The van der Waals surface area contributed by atoms with E-state index in [-0.39, 0.29) is 12.6 Å². The lowest BCUT2D eigenvalue weighted by atomic mass is 10.0. The minimum absolute atomic E-state index is 0.195. The summed E-state index contributed by atoms with van der Waals surface area (Å²) < 4.78 is 10.7. The topological polar surface area (TPSA) is 61.5 Å². The molecule has 0 aromatic heterocycles. The molecular formula is C17H19NO3. The van der Waals surface area contributed by atoms with E-state index in [1.54, 1.807) is 6.07 Å². The number of nitrogen functional groups attached to an aromatic ring is 1. The van der Waals surface area contributed by atoms with Crippen molar-refractivity contribution in [3.63, 3.8) is 0 Å². The maximum atomic E-state index is 12.0. The number of nitrogens with two attached hydrogens (primary N) is 1. The second kappa shape index (κ2) is 6.79. The van der Waals surface area contributed by atoms with Crippen molar-refractivity contribution in [3.8, 4) is 5.75 Å². The SMILES string of the molecule is Cc1cc(C)c(C(=O)OCCOc2ccccc2)cc1N. The zero-order valence-electron chi connectivity index (χ0n) is 12.3. The van der Waals surface area contributed by atoms with Crippen LogP contribution in [0.15, 0.2) is 42.5 Å². The molecule has 0 atom stereocenters. The van der Waals surface area contributed by atoms with Gasteiger partial charge >= 0.3 is 5.97 Å². The molecule has 2 rings (SSSR count). The summed E-state index contributed by atoms with van der Waals surface area (Å²) in [4.78, 5) is 12.0. The summed E-state index contributed by atoms with van der Waals surface area (Å²) in [6, 6.07) is 12.9. The van der Waals surface area contributed by atoms with Gasteiger partial charge in [0.05, 0.1) is 5.56 Å². The van der Waals surface area contributed by atoms with Gasteiger partial charge in [0, 0.05) is 5.69 Å². The number of carbonyl (C=O) groups excluding carboxylic acids is 1. The lowest BCUT2D eigenvalue weighted by Crippen LogP contribution is -2.14. The van der Waals surface area contributed by atoms with Crippen LogP contribution in [0.25, 0.3) is 0 Å². The summed E-state index contributed by atoms with van der Waals surface area (Å²) in [5.41, 5.74) is 8.73. The first-order chi connectivity index (χ1) is 10.1. The maximum Gasteiger partial charge on any atom is 0.338 e. The number of esters is 1.